The third-order valence-corrected chi connectivity index (χ3v) is 7.33. The van der Waals surface area contributed by atoms with Gasteiger partial charge in [0.15, 0.2) is 6.79 Å². The van der Waals surface area contributed by atoms with Crippen LogP contribution in [0.1, 0.15) is 52.7 Å². The monoisotopic (exact) mass is 563 g/mol. The molecule has 0 aliphatic rings. The number of aromatic carboxylic acids is 2. The topological polar surface area (TPSA) is 98.0 Å². The number of methoxy groups -OCH3 is 1. The van der Waals surface area contributed by atoms with Gasteiger partial charge in [0, 0.05) is 30.1 Å². The van der Waals surface area contributed by atoms with Gasteiger partial charge < -0.3 is 24.3 Å². The van der Waals surface area contributed by atoms with Gasteiger partial charge in [0.05, 0.1) is 5.56 Å². The number of nitrogens with zero attached hydrogens (tertiary/aromatic N) is 1. The Kier molecular flexibility index (Phi) is 7.87. The number of para-hydroxylation sites is 1. The number of fused-ring (bicyclic) bond motifs is 1. The summed E-state index contributed by atoms with van der Waals surface area (Å²) in [5.74, 6) is -1.46. The molecule has 0 bridgehead atoms. The zero-order chi connectivity index (χ0) is 30.0. The Morgan fingerprint density at radius 2 is 1.45 bits per heavy atom. The first kappa shape index (κ1) is 28.6. The van der Waals surface area contributed by atoms with Crippen LogP contribution in [0.5, 0.6) is 5.75 Å². The largest absolute Gasteiger partial charge is 0.478 e. The lowest BCUT2D eigenvalue weighted by Crippen LogP contribution is -2.12. The maximum absolute atomic E-state index is 12.9. The summed E-state index contributed by atoms with van der Waals surface area (Å²) in [6.45, 7) is 6.76. The summed E-state index contributed by atoms with van der Waals surface area (Å²) < 4.78 is 12.7. The Hall–Kier alpha value is -4.88. The van der Waals surface area contributed by atoms with Crippen LogP contribution in [0.15, 0.2) is 91.0 Å². The number of carboxylic acids is 2. The first-order valence-electron chi connectivity index (χ1n) is 13.6. The molecular weight excluding hydrogens is 530 g/mol. The molecule has 7 heteroatoms. The highest BCUT2D eigenvalue weighted by Gasteiger charge is 2.24. The number of benzene rings is 4. The van der Waals surface area contributed by atoms with Crippen LogP contribution in [0, 0.1) is 0 Å². The summed E-state index contributed by atoms with van der Waals surface area (Å²) in [4.78, 5) is 24.2. The summed E-state index contributed by atoms with van der Waals surface area (Å²) in [5, 5.41) is 20.7. The van der Waals surface area contributed by atoms with Gasteiger partial charge in [-0.05, 0) is 69.6 Å². The standard InChI is InChI=1S/C35H33NO6/c1-35(2,3)27-15-13-24(14-16-27)31-29-7-5-6-8-30(29)36(32(31)34(39)40)20-22-17-26(19-28(18-22)42-21-41-4)23-9-11-25(12-10-23)33(37)38/h5-19H,20-21H2,1-4H3,(H,37,38)(H,39,40). The molecule has 0 amide bonds. The Labute approximate surface area is 244 Å². The van der Waals surface area contributed by atoms with Crippen molar-refractivity contribution >= 4 is 22.8 Å². The Morgan fingerprint density at radius 3 is 2.07 bits per heavy atom. The summed E-state index contributed by atoms with van der Waals surface area (Å²) in [7, 11) is 1.54. The van der Waals surface area contributed by atoms with Gasteiger partial charge in [-0.2, -0.15) is 0 Å². The van der Waals surface area contributed by atoms with Crippen LogP contribution < -0.4 is 4.74 Å². The van der Waals surface area contributed by atoms with Gasteiger partial charge in [0.25, 0.3) is 0 Å². The van der Waals surface area contributed by atoms with E-state index in [9.17, 15) is 19.8 Å². The third-order valence-electron chi connectivity index (χ3n) is 7.33. The fraction of sp³-hybridized carbons (Fsp3) is 0.200. The zero-order valence-electron chi connectivity index (χ0n) is 24.0. The molecule has 0 aliphatic carbocycles. The van der Waals surface area contributed by atoms with Crippen molar-refractivity contribution < 1.29 is 29.3 Å². The van der Waals surface area contributed by atoms with Gasteiger partial charge >= 0.3 is 11.9 Å². The molecule has 5 rings (SSSR count). The molecule has 4 aromatic carbocycles. The summed E-state index contributed by atoms with van der Waals surface area (Å²) in [6.07, 6.45) is 0. The van der Waals surface area contributed by atoms with Crippen LogP contribution in [0.25, 0.3) is 33.2 Å². The number of aromatic nitrogens is 1. The summed E-state index contributed by atoms with van der Waals surface area (Å²) in [6, 6.07) is 28.1. The average Bonchev–Trinajstić information content (AvgIpc) is 3.30. The van der Waals surface area contributed by atoms with E-state index < -0.39 is 11.9 Å². The van der Waals surface area contributed by atoms with E-state index in [4.69, 9.17) is 9.47 Å². The highest BCUT2D eigenvalue weighted by molar-refractivity contribution is 6.08. The molecular formula is C35H33NO6. The molecule has 7 nitrogen and oxygen atoms in total. The van der Waals surface area contributed by atoms with Gasteiger partial charge in [0.1, 0.15) is 11.4 Å². The van der Waals surface area contributed by atoms with Crippen LogP contribution in [0.2, 0.25) is 0 Å². The molecule has 0 aliphatic heterocycles. The SMILES string of the molecule is COCOc1cc(Cn2c(C(=O)O)c(-c3ccc(C(C)(C)C)cc3)c3ccccc32)cc(-c2ccc(C(=O)O)cc2)c1. The maximum atomic E-state index is 12.9. The fourth-order valence-corrected chi connectivity index (χ4v) is 5.24. The lowest BCUT2D eigenvalue weighted by molar-refractivity contribution is 0.0511. The van der Waals surface area contributed by atoms with Crippen molar-refractivity contribution in [2.75, 3.05) is 13.9 Å². The van der Waals surface area contributed by atoms with E-state index in [0.717, 1.165) is 33.2 Å². The Bertz CT molecular complexity index is 1760. The first-order valence-corrected chi connectivity index (χ1v) is 13.6. The van der Waals surface area contributed by atoms with Crippen molar-refractivity contribution in [1.29, 1.82) is 0 Å². The predicted molar refractivity (Wildman–Crippen MR) is 163 cm³/mol. The van der Waals surface area contributed by atoms with E-state index in [0.29, 0.717) is 11.3 Å². The lowest BCUT2D eigenvalue weighted by atomic mass is 9.86. The fourth-order valence-electron chi connectivity index (χ4n) is 5.24. The molecule has 0 saturated carbocycles. The number of rotatable bonds is 9. The number of ether oxygens (including phenoxy) is 2. The van der Waals surface area contributed by atoms with Crippen molar-refractivity contribution in [3.8, 4) is 28.0 Å². The quantitative estimate of drug-likeness (QED) is 0.178. The van der Waals surface area contributed by atoms with Gasteiger partial charge in [-0.1, -0.05) is 75.4 Å². The maximum Gasteiger partial charge on any atom is 0.353 e. The molecule has 0 saturated heterocycles. The minimum absolute atomic E-state index is 0.0241. The highest BCUT2D eigenvalue weighted by Crippen LogP contribution is 2.37. The zero-order valence-corrected chi connectivity index (χ0v) is 24.0. The molecule has 5 aromatic rings. The van der Waals surface area contributed by atoms with E-state index >= 15 is 0 Å². The van der Waals surface area contributed by atoms with E-state index in [1.165, 1.54) is 12.7 Å². The van der Waals surface area contributed by atoms with E-state index in [1.54, 1.807) is 24.3 Å². The number of hydrogen-bond donors (Lipinski definition) is 2. The van der Waals surface area contributed by atoms with Crippen LogP contribution in [-0.2, 0) is 16.7 Å². The second-order valence-corrected chi connectivity index (χ2v) is 11.3. The number of hydrogen-bond acceptors (Lipinski definition) is 4. The van der Waals surface area contributed by atoms with Gasteiger partial charge in [-0.25, -0.2) is 9.59 Å². The van der Waals surface area contributed by atoms with Gasteiger partial charge in [-0.3, -0.25) is 0 Å². The van der Waals surface area contributed by atoms with E-state index in [2.05, 4.69) is 32.9 Å². The van der Waals surface area contributed by atoms with Crippen LogP contribution in [-0.4, -0.2) is 40.6 Å². The third kappa shape index (κ3) is 5.78. The number of carbonyl (C=O) groups is 2. The average molecular weight is 564 g/mol. The molecule has 0 spiro atoms. The summed E-state index contributed by atoms with van der Waals surface area (Å²) in [5.41, 5.74) is 6.30. The Morgan fingerprint density at radius 1 is 0.786 bits per heavy atom. The normalized spacial score (nSPS) is 11.5. The highest BCUT2D eigenvalue weighted by atomic mass is 16.7. The smallest absolute Gasteiger partial charge is 0.353 e. The van der Waals surface area contributed by atoms with E-state index in [1.807, 2.05) is 59.2 Å². The molecule has 0 unspecified atom stereocenters. The number of carboxylic acid groups (broad SMARTS) is 2. The van der Waals surface area contributed by atoms with Crippen molar-refractivity contribution in [2.24, 2.45) is 0 Å². The lowest BCUT2D eigenvalue weighted by Gasteiger charge is -2.19. The molecule has 2 N–H and O–H groups in total. The molecule has 1 aromatic heterocycles. The van der Waals surface area contributed by atoms with Crippen molar-refractivity contribution in [1.82, 2.24) is 4.57 Å². The first-order chi connectivity index (χ1) is 20.1. The van der Waals surface area contributed by atoms with E-state index in [-0.39, 0.29) is 30.0 Å². The van der Waals surface area contributed by atoms with Crippen LogP contribution in [0.4, 0.5) is 0 Å². The van der Waals surface area contributed by atoms with Crippen molar-refractivity contribution in [3.05, 3.63) is 113 Å². The van der Waals surface area contributed by atoms with Crippen molar-refractivity contribution in [3.63, 3.8) is 0 Å². The van der Waals surface area contributed by atoms with Gasteiger partial charge in [0.2, 0.25) is 0 Å². The second kappa shape index (κ2) is 11.5. The molecule has 0 atom stereocenters. The molecule has 0 radical (unpaired) electrons. The van der Waals surface area contributed by atoms with Gasteiger partial charge in [-0.15, -0.1) is 0 Å². The van der Waals surface area contributed by atoms with Crippen LogP contribution in [0.3, 0.4) is 0 Å². The second-order valence-electron chi connectivity index (χ2n) is 11.3. The minimum atomic E-state index is -1.02. The molecule has 214 valence electrons. The predicted octanol–water partition coefficient (Wildman–Crippen LogP) is 7.70. The molecule has 0 fully saturated rings. The molecule has 42 heavy (non-hydrogen) atoms. The Balaban J connectivity index is 1.65. The minimum Gasteiger partial charge on any atom is -0.478 e. The summed E-state index contributed by atoms with van der Waals surface area (Å²) >= 11 is 0. The molecule has 1 heterocycles. The van der Waals surface area contributed by atoms with Crippen molar-refractivity contribution in [2.45, 2.75) is 32.7 Å². The van der Waals surface area contributed by atoms with Crippen LogP contribution >= 0.6 is 0 Å².